The number of aromatic nitrogens is 2. The largest absolute Gasteiger partial charge is 0.490 e. The molecule has 0 bridgehead atoms. The topological polar surface area (TPSA) is 130 Å². The van der Waals surface area contributed by atoms with Gasteiger partial charge in [0.15, 0.2) is 0 Å². The van der Waals surface area contributed by atoms with Crippen LogP contribution in [0, 0.1) is 6.92 Å². The van der Waals surface area contributed by atoms with Crippen molar-refractivity contribution in [2.24, 2.45) is 0 Å². The maximum absolute atomic E-state index is 11.1. The molecular formula is C26H34N4O5. The predicted octanol–water partition coefficient (Wildman–Crippen LogP) is 2.62. The molecule has 0 saturated carbocycles. The highest BCUT2D eigenvalue weighted by Crippen LogP contribution is 2.31. The van der Waals surface area contributed by atoms with Crippen LogP contribution in [0.3, 0.4) is 0 Å². The molecule has 3 rings (SSSR count). The van der Waals surface area contributed by atoms with E-state index in [1.807, 2.05) is 44.2 Å². The van der Waals surface area contributed by atoms with E-state index in [1.165, 1.54) is 0 Å². The van der Waals surface area contributed by atoms with Crippen LogP contribution in [0.15, 0.2) is 40.9 Å². The molecule has 1 amide bonds. The Morgan fingerprint density at radius 2 is 2.03 bits per heavy atom. The van der Waals surface area contributed by atoms with Crippen LogP contribution in [0.2, 0.25) is 0 Å². The van der Waals surface area contributed by atoms with E-state index < -0.39 is 18.6 Å². The molecule has 2 aromatic carbocycles. The van der Waals surface area contributed by atoms with E-state index in [2.05, 4.69) is 33.8 Å². The van der Waals surface area contributed by atoms with Crippen molar-refractivity contribution >= 4 is 5.91 Å². The average molecular weight is 483 g/mol. The van der Waals surface area contributed by atoms with Crippen molar-refractivity contribution in [3.63, 3.8) is 0 Å². The molecule has 0 radical (unpaired) electrons. The fourth-order valence-electron chi connectivity index (χ4n) is 3.65. The van der Waals surface area contributed by atoms with Gasteiger partial charge in [-0.15, -0.1) is 0 Å². The Morgan fingerprint density at radius 3 is 2.77 bits per heavy atom. The maximum atomic E-state index is 11.1. The molecule has 1 aromatic heterocycles. The Balaban J connectivity index is 1.73. The van der Waals surface area contributed by atoms with Gasteiger partial charge in [0.05, 0.1) is 0 Å². The predicted molar refractivity (Wildman–Crippen MR) is 133 cm³/mol. The van der Waals surface area contributed by atoms with Crippen LogP contribution in [0.5, 0.6) is 5.75 Å². The van der Waals surface area contributed by atoms with Gasteiger partial charge in [0.25, 0.3) is 5.89 Å². The number of rotatable bonds is 13. The van der Waals surface area contributed by atoms with Gasteiger partial charge in [-0.3, -0.25) is 4.79 Å². The van der Waals surface area contributed by atoms with Gasteiger partial charge in [0, 0.05) is 24.2 Å². The summed E-state index contributed by atoms with van der Waals surface area (Å²) >= 11 is 0. The van der Waals surface area contributed by atoms with E-state index in [4.69, 9.17) is 14.4 Å². The van der Waals surface area contributed by atoms with Gasteiger partial charge < -0.3 is 30.1 Å². The summed E-state index contributed by atoms with van der Waals surface area (Å²) in [5.74, 6) is 1.09. The van der Waals surface area contributed by atoms with Crippen molar-refractivity contribution in [3.8, 4) is 28.6 Å². The normalized spacial score (nSPS) is 11.9. The highest BCUT2D eigenvalue weighted by molar-refractivity contribution is 5.76. The molecule has 0 aliphatic rings. The molecule has 0 aliphatic heterocycles. The summed E-state index contributed by atoms with van der Waals surface area (Å²) in [6.07, 6.45) is 0.889. The standard InChI is InChI=1S/C26H34N4O5/c1-4-9-27-13-18-7-6-8-20(11-18)26-29-25(30-35-26)21-10-17(3)24(19(5-2)12-21)34-16-22(32)14-28-23(33)15-31/h6-8,10-12,22,27,31-32H,4-5,9,13-16H2,1-3H3,(H,28,33)/t22-/m0/s1. The molecule has 0 spiro atoms. The van der Waals surface area contributed by atoms with Crippen molar-refractivity contribution in [2.75, 3.05) is 26.3 Å². The SMILES string of the molecule is CCCNCc1cccc(-c2nc(-c3cc(C)c(OC[C@@H](O)CNC(=O)CO)c(CC)c3)no2)c1. The maximum Gasteiger partial charge on any atom is 0.258 e. The number of nitrogens with one attached hydrogen (secondary N) is 2. The number of hydrogen-bond acceptors (Lipinski definition) is 8. The third-order valence-electron chi connectivity index (χ3n) is 5.45. The number of aryl methyl sites for hydroxylation is 2. The van der Waals surface area contributed by atoms with Crippen LogP contribution < -0.4 is 15.4 Å². The van der Waals surface area contributed by atoms with Gasteiger partial charge in [-0.25, -0.2) is 0 Å². The van der Waals surface area contributed by atoms with Gasteiger partial charge in [-0.2, -0.15) is 4.98 Å². The number of nitrogens with zero attached hydrogens (tertiary/aromatic N) is 2. The number of carbonyl (C=O) groups excluding carboxylic acids is 1. The quantitative estimate of drug-likeness (QED) is 0.274. The van der Waals surface area contributed by atoms with Crippen LogP contribution in [0.4, 0.5) is 0 Å². The monoisotopic (exact) mass is 482 g/mol. The van der Waals surface area contributed by atoms with Gasteiger partial charge >= 0.3 is 0 Å². The first-order chi connectivity index (χ1) is 16.9. The Labute approximate surface area is 205 Å². The average Bonchev–Trinajstić information content (AvgIpc) is 3.37. The number of amides is 1. The van der Waals surface area contributed by atoms with Crippen molar-refractivity contribution in [1.82, 2.24) is 20.8 Å². The van der Waals surface area contributed by atoms with Crippen LogP contribution in [0.1, 0.15) is 37.0 Å². The van der Waals surface area contributed by atoms with E-state index in [0.717, 1.165) is 47.3 Å². The van der Waals surface area contributed by atoms with Crippen LogP contribution in [-0.4, -0.2) is 58.7 Å². The number of aliphatic hydroxyl groups excluding tert-OH is 2. The van der Waals surface area contributed by atoms with Crippen LogP contribution in [-0.2, 0) is 17.8 Å². The Kier molecular flexibility index (Phi) is 9.77. The minimum absolute atomic E-state index is 0.000510. The molecule has 188 valence electrons. The zero-order valence-corrected chi connectivity index (χ0v) is 20.5. The van der Waals surface area contributed by atoms with E-state index in [1.54, 1.807) is 0 Å². The third kappa shape index (κ3) is 7.35. The van der Waals surface area contributed by atoms with E-state index in [-0.39, 0.29) is 13.2 Å². The van der Waals surface area contributed by atoms with Crippen molar-refractivity contribution in [1.29, 1.82) is 0 Å². The zero-order chi connectivity index (χ0) is 25.2. The van der Waals surface area contributed by atoms with Crippen molar-refractivity contribution in [2.45, 2.75) is 46.3 Å². The second-order valence-corrected chi connectivity index (χ2v) is 8.36. The summed E-state index contributed by atoms with van der Waals surface area (Å²) in [6.45, 7) is 7.22. The third-order valence-corrected chi connectivity index (χ3v) is 5.45. The minimum atomic E-state index is -0.901. The number of benzene rings is 2. The first kappa shape index (κ1) is 26.3. The lowest BCUT2D eigenvalue weighted by atomic mass is 10.0. The molecule has 35 heavy (non-hydrogen) atoms. The number of ether oxygens (including phenoxy) is 1. The summed E-state index contributed by atoms with van der Waals surface area (Å²) in [6, 6.07) is 11.9. The molecule has 1 heterocycles. The fourth-order valence-corrected chi connectivity index (χ4v) is 3.65. The number of carbonyl (C=O) groups is 1. The molecule has 9 nitrogen and oxygen atoms in total. The molecule has 4 N–H and O–H groups in total. The lowest BCUT2D eigenvalue weighted by Crippen LogP contribution is -2.36. The molecule has 3 aromatic rings. The van der Waals surface area contributed by atoms with E-state index in [9.17, 15) is 9.90 Å². The first-order valence-electron chi connectivity index (χ1n) is 11.9. The second kappa shape index (κ2) is 13.0. The van der Waals surface area contributed by atoms with Gasteiger partial charge in [0.2, 0.25) is 11.7 Å². The van der Waals surface area contributed by atoms with Gasteiger partial charge in [-0.05, 0) is 67.3 Å². The molecule has 0 aliphatic carbocycles. The van der Waals surface area contributed by atoms with Crippen molar-refractivity contribution in [3.05, 3.63) is 53.1 Å². The highest BCUT2D eigenvalue weighted by Gasteiger charge is 2.16. The van der Waals surface area contributed by atoms with E-state index >= 15 is 0 Å². The molecule has 0 unspecified atom stereocenters. The summed E-state index contributed by atoms with van der Waals surface area (Å²) < 4.78 is 11.4. The zero-order valence-electron chi connectivity index (χ0n) is 20.5. The summed E-state index contributed by atoms with van der Waals surface area (Å²) in [7, 11) is 0. The molecule has 9 heteroatoms. The summed E-state index contributed by atoms with van der Waals surface area (Å²) in [5.41, 5.74) is 4.66. The summed E-state index contributed by atoms with van der Waals surface area (Å²) in [5, 5.41) is 28.8. The van der Waals surface area contributed by atoms with Crippen LogP contribution in [0.25, 0.3) is 22.8 Å². The van der Waals surface area contributed by atoms with Crippen molar-refractivity contribution < 1.29 is 24.3 Å². The lowest BCUT2D eigenvalue weighted by Gasteiger charge is -2.17. The second-order valence-electron chi connectivity index (χ2n) is 8.36. The summed E-state index contributed by atoms with van der Waals surface area (Å²) in [4.78, 5) is 15.8. The fraction of sp³-hybridized carbons (Fsp3) is 0.423. The molecule has 0 fully saturated rings. The number of hydrogen-bond donors (Lipinski definition) is 4. The Bertz CT molecular complexity index is 1110. The molecule has 1 atom stereocenters. The minimum Gasteiger partial charge on any atom is -0.490 e. The van der Waals surface area contributed by atoms with Crippen LogP contribution >= 0.6 is 0 Å². The van der Waals surface area contributed by atoms with Gasteiger partial charge in [-0.1, -0.05) is 31.1 Å². The Hall–Kier alpha value is -3.27. The smallest absolute Gasteiger partial charge is 0.258 e. The molecular weight excluding hydrogens is 448 g/mol. The first-order valence-corrected chi connectivity index (χ1v) is 11.9. The molecule has 0 saturated heterocycles. The Morgan fingerprint density at radius 1 is 1.20 bits per heavy atom. The highest BCUT2D eigenvalue weighted by atomic mass is 16.5. The van der Waals surface area contributed by atoms with Gasteiger partial charge in [0.1, 0.15) is 25.1 Å². The number of aliphatic hydroxyl groups is 2. The van der Waals surface area contributed by atoms with E-state index in [0.29, 0.717) is 23.9 Å². The lowest BCUT2D eigenvalue weighted by molar-refractivity contribution is -0.124.